The highest BCUT2D eigenvalue weighted by atomic mass is 16.5. The number of benzene rings is 1. The maximum atomic E-state index is 10.5. The van der Waals surface area contributed by atoms with E-state index >= 15 is 0 Å². The van der Waals surface area contributed by atoms with E-state index in [9.17, 15) is 9.90 Å². The van der Waals surface area contributed by atoms with E-state index in [2.05, 4.69) is 29.9 Å². The Morgan fingerprint density at radius 1 is 1.12 bits per heavy atom. The molecule has 4 nitrogen and oxygen atoms in total. The Morgan fingerprint density at radius 2 is 1.73 bits per heavy atom. The SMILES string of the molecule is CC.CC1CCC(c2ccc3c(c2)CCC(O)C3)C1.CCC(C)C(=O)OC.COC(C)(C)C. The zero-order valence-corrected chi connectivity index (χ0v) is 23.2. The van der Waals surface area contributed by atoms with Crippen LogP contribution in [0.3, 0.4) is 0 Å². The number of ether oxygens (including phenoxy) is 2. The van der Waals surface area contributed by atoms with Gasteiger partial charge in [-0.05, 0) is 87.8 Å². The normalized spacial score (nSPS) is 22.2. The molecule has 192 valence electrons. The van der Waals surface area contributed by atoms with E-state index in [1.54, 1.807) is 12.7 Å². The van der Waals surface area contributed by atoms with Crippen LogP contribution in [0.15, 0.2) is 18.2 Å². The Hall–Kier alpha value is -1.39. The molecule has 1 aromatic rings. The number of fused-ring (bicyclic) bond motifs is 1. The Labute approximate surface area is 204 Å². The smallest absolute Gasteiger partial charge is 0.308 e. The van der Waals surface area contributed by atoms with Crippen molar-refractivity contribution in [2.45, 2.75) is 118 Å². The number of hydrogen-bond acceptors (Lipinski definition) is 4. The highest BCUT2D eigenvalue weighted by Gasteiger charge is 2.24. The number of aryl methyl sites for hydroxylation is 1. The molecule has 33 heavy (non-hydrogen) atoms. The second-order valence-electron chi connectivity index (χ2n) is 10.2. The fourth-order valence-electron chi connectivity index (χ4n) is 3.89. The van der Waals surface area contributed by atoms with E-state index < -0.39 is 0 Å². The predicted octanol–water partition coefficient (Wildman–Crippen LogP) is 7.10. The van der Waals surface area contributed by atoms with Crippen LogP contribution in [0.25, 0.3) is 0 Å². The first-order valence-corrected chi connectivity index (χ1v) is 12.9. The summed E-state index contributed by atoms with van der Waals surface area (Å²) in [6.45, 7) is 16.2. The number of aliphatic hydroxyl groups is 1. The van der Waals surface area contributed by atoms with Crippen molar-refractivity contribution in [3.05, 3.63) is 34.9 Å². The molecule has 1 aromatic carbocycles. The summed E-state index contributed by atoms with van der Waals surface area (Å²) >= 11 is 0. The van der Waals surface area contributed by atoms with Crippen LogP contribution in [-0.4, -0.2) is 37.0 Å². The summed E-state index contributed by atoms with van der Waals surface area (Å²) in [5.41, 5.74) is 4.45. The van der Waals surface area contributed by atoms with Crippen molar-refractivity contribution >= 4 is 5.97 Å². The largest absolute Gasteiger partial charge is 0.469 e. The van der Waals surface area contributed by atoms with Gasteiger partial charge in [0.15, 0.2) is 0 Å². The molecule has 0 saturated heterocycles. The zero-order valence-electron chi connectivity index (χ0n) is 23.2. The lowest BCUT2D eigenvalue weighted by molar-refractivity contribution is -0.144. The van der Waals surface area contributed by atoms with Gasteiger partial charge in [0, 0.05) is 7.11 Å². The van der Waals surface area contributed by atoms with Crippen molar-refractivity contribution in [2.24, 2.45) is 11.8 Å². The third-order valence-electron chi connectivity index (χ3n) is 6.43. The summed E-state index contributed by atoms with van der Waals surface area (Å²) in [5.74, 6) is 1.63. The molecular formula is C29H52O4. The van der Waals surface area contributed by atoms with Crippen LogP contribution in [0.4, 0.5) is 0 Å². The first-order chi connectivity index (χ1) is 15.5. The van der Waals surface area contributed by atoms with Gasteiger partial charge >= 0.3 is 5.97 Å². The third kappa shape index (κ3) is 12.6. The maximum absolute atomic E-state index is 10.5. The molecule has 0 aromatic heterocycles. The van der Waals surface area contributed by atoms with Crippen LogP contribution >= 0.6 is 0 Å². The lowest BCUT2D eigenvalue weighted by Gasteiger charge is -2.22. The molecular weight excluding hydrogens is 412 g/mol. The molecule has 2 aliphatic carbocycles. The standard InChI is InChI=1S/C16H22O.C6H12O2.C5H12O.C2H6/c1-11-2-3-12(8-11)13-4-5-15-10-16(17)7-6-14(15)9-13;1-4-5(2)6(7)8-3;1-5(2,3)6-4;1-2/h4-5,9,11-12,16-17H,2-3,6-8,10H2,1H3;5H,4H2,1-3H3;1-4H3;1-2H3. The van der Waals surface area contributed by atoms with Gasteiger partial charge in [0.1, 0.15) is 0 Å². The first-order valence-electron chi connectivity index (χ1n) is 12.9. The van der Waals surface area contributed by atoms with Gasteiger partial charge in [-0.15, -0.1) is 0 Å². The van der Waals surface area contributed by atoms with Gasteiger partial charge < -0.3 is 14.6 Å². The number of carbonyl (C=O) groups is 1. The zero-order chi connectivity index (χ0) is 25.6. The maximum Gasteiger partial charge on any atom is 0.308 e. The van der Waals surface area contributed by atoms with Crippen LogP contribution in [0, 0.1) is 11.8 Å². The molecule has 2 aliphatic rings. The molecule has 0 aliphatic heterocycles. The number of rotatable bonds is 3. The molecule has 0 heterocycles. The Bertz CT molecular complexity index is 662. The van der Waals surface area contributed by atoms with Crippen molar-refractivity contribution < 1.29 is 19.4 Å². The first kappa shape index (κ1) is 31.6. The molecule has 0 amide bonds. The van der Waals surface area contributed by atoms with Gasteiger partial charge in [0.05, 0.1) is 24.7 Å². The van der Waals surface area contributed by atoms with Crippen molar-refractivity contribution in [1.29, 1.82) is 0 Å². The van der Waals surface area contributed by atoms with E-state index in [4.69, 9.17) is 4.74 Å². The van der Waals surface area contributed by atoms with Crippen LogP contribution < -0.4 is 0 Å². The molecule has 3 rings (SSSR count). The van der Waals surface area contributed by atoms with Gasteiger partial charge in [-0.3, -0.25) is 4.79 Å². The van der Waals surface area contributed by atoms with Gasteiger partial charge in [0.25, 0.3) is 0 Å². The summed E-state index contributed by atoms with van der Waals surface area (Å²) in [7, 11) is 3.12. The van der Waals surface area contributed by atoms with Crippen LogP contribution in [-0.2, 0) is 27.1 Å². The fourth-order valence-corrected chi connectivity index (χ4v) is 3.89. The molecule has 0 spiro atoms. The number of methoxy groups -OCH3 is 2. The van der Waals surface area contributed by atoms with Crippen LogP contribution in [0.5, 0.6) is 0 Å². The minimum Gasteiger partial charge on any atom is -0.469 e. The molecule has 0 radical (unpaired) electrons. The van der Waals surface area contributed by atoms with E-state index in [1.807, 2.05) is 48.5 Å². The lowest BCUT2D eigenvalue weighted by Crippen LogP contribution is -2.18. The summed E-state index contributed by atoms with van der Waals surface area (Å²) in [4.78, 5) is 10.5. The van der Waals surface area contributed by atoms with Crippen molar-refractivity contribution in [2.75, 3.05) is 14.2 Å². The fraction of sp³-hybridized carbons (Fsp3) is 0.759. The number of carbonyl (C=O) groups excluding carboxylic acids is 1. The number of esters is 1. The molecule has 4 atom stereocenters. The van der Waals surface area contributed by atoms with Crippen LogP contribution in [0.1, 0.15) is 110 Å². The highest BCUT2D eigenvalue weighted by molar-refractivity contribution is 5.71. The summed E-state index contributed by atoms with van der Waals surface area (Å²) < 4.78 is 9.40. The molecule has 4 unspecified atom stereocenters. The number of hydrogen-bond donors (Lipinski definition) is 1. The molecule has 0 bridgehead atoms. The average Bonchev–Trinajstić information content (AvgIpc) is 3.25. The van der Waals surface area contributed by atoms with Gasteiger partial charge in [-0.2, -0.15) is 0 Å². The lowest BCUT2D eigenvalue weighted by atomic mass is 9.86. The van der Waals surface area contributed by atoms with E-state index in [-0.39, 0.29) is 23.6 Å². The van der Waals surface area contributed by atoms with Gasteiger partial charge in [0.2, 0.25) is 0 Å². The molecule has 1 fully saturated rings. The summed E-state index contributed by atoms with van der Waals surface area (Å²) in [6, 6.07) is 6.99. The van der Waals surface area contributed by atoms with E-state index in [1.165, 1.54) is 37.5 Å². The minimum atomic E-state index is -0.118. The molecule has 1 N–H and O–H groups in total. The monoisotopic (exact) mass is 464 g/mol. The second kappa shape index (κ2) is 16.3. The highest BCUT2D eigenvalue weighted by Crippen LogP contribution is 2.39. The van der Waals surface area contributed by atoms with Gasteiger partial charge in [-0.25, -0.2) is 0 Å². The summed E-state index contributed by atoms with van der Waals surface area (Å²) in [5, 5.41) is 9.67. The van der Waals surface area contributed by atoms with E-state index in [0.29, 0.717) is 0 Å². The third-order valence-corrected chi connectivity index (χ3v) is 6.43. The molecule has 4 heteroatoms. The van der Waals surface area contributed by atoms with Gasteiger partial charge in [-0.1, -0.05) is 59.2 Å². The Kier molecular flexibility index (Phi) is 15.6. The van der Waals surface area contributed by atoms with Crippen molar-refractivity contribution in [3.8, 4) is 0 Å². The average molecular weight is 465 g/mol. The van der Waals surface area contributed by atoms with Crippen LogP contribution in [0.2, 0.25) is 0 Å². The number of aliphatic hydroxyl groups excluding tert-OH is 1. The summed E-state index contributed by atoms with van der Waals surface area (Å²) in [6.07, 6.45) is 7.72. The topological polar surface area (TPSA) is 55.8 Å². The second-order valence-corrected chi connectivity index (χ2v) is 10.2. The predicted molar refractivity (Wildman–Crippen MR) is 140 cm³/mol. The molecule has 1 saturated carbocycles. The van der Waals surface area contributed by atoms with E-state index in [0.717, 1.165) is 37.5 Å². The van der Waals surface area contributed by atoms with Crippen molar-refractivity contribution in [1.82, 2.24) is 0 Å². The van der Waals surface area contributed by atoms with Crippen molar-refractivity contribution in [3.63, 3.8) is 0 Å². The Balaban J connectivity index is 0.000000539. The quantitative estimate of drug-likeness (QED) is 0.485. The minimum absolute atomic E-state index is 0.0417. The Morgan fingerprint density at radius 3 is 2.15 bits per heavy atom.